The van der Waals surface area contributed by atoms with Gasteiger partial charge in [0, 0.05) is 48.5 Å². The highest BCUT2D eigenvalue weighted by Crippen LogP contribution is 2.36. The Morgan fingerprint density at radius 3 is 2.51 bits per heavy atom. The van der Waals surface area contributed by atoms with Crippen molar-refractivity contribution in [2.45, 2.75) is 50.0 Å². The number of aliphatic hydroxyl groups excluding tert-OH is 2. The number of hydrogen-bond acceptors (Lipinski definition) is 5. The first-order chi connectivity index (χ1) is 16.7. The molecule has 1 fully saturated rings. The maximum atomic E-state index is 15.1. The van der Waals surface area contributed by atoms with Crippen LogP contribution in [0.2, 0.25) is 0 Å². The number of fused-ring (bicyclic) bond motifs is 1. The number of benzene rings is 2. The normalized spacial score (nSPS) is 18.9. The van der Waals surface area contributed by atoms with Crippen molar-refractivity contribution < 1.29 is 36.9 Å². The third-order valence-corrected chi connectivity index (χ3v) is 6.37. The lowest BCUT2D eigenvalue weighted by atomic mass is 9.88. The van der Waals surface area contributed by atoms with Gasteiger partial charge in [0.2, 0.25) is 0 Å². The van der Waals surface area contributed by atoms with Gasteiger partial charge in [0.05, 0.1) is 12.2 Å². The number of aliphatic hydroxyl groups is 2. The van der Waals surface area contributed by atoms with Crippen LogP contribution in [-0.4, -0.2) is 40.6 Å². The summed E-state index contributed by atoms with van der Waals surface area (Å²) >= 11 is 0. The molecule has 0 amide bonds. The Kier molecular flexibility index (Phi) is 7.53. The molecule has 1 saturated carbocycles. The van der Waals surface area contributed by atoms with Gasteiger partial charge in [-0.2, -0.15) is 13.2 Å². The lowest BCUT2D eigenvalue weighted by molar-refractivity contribution is -0.140. The number of pyridine rings is 1. The van der Waals surface area contributed by atoms with Gasteiger partial charge in [-0.25, -0.2) is 8.78 Å². The Morgan fingerprint density at radius 1 is 1.06 bits per heavy atom. The van der Waals surface area contributed by atoms with Crippen LogP contribution in [0.25, 0.3) is 10.8 Å². The molecular formula is C25H25F5N2O3. The van der Waals surface area contributed by atoms with E-state index >= 15 is 4.39 Å². The van der Waals surface area contributed by atoms with E-state index in [1.165, 1.54) is 12.1 Å². The van der Waals surface area contributed by atoms with E-state index in [0.29, 0.717) is 47.2 Å². The molecule has 1 aliphatic carbocycles. The van der Waals surface area contributed by atoms with E-state index in [2.05, 4.69) is 10.3 Å². The zero-order chi connectivity index (χ0) is 25.2. The summed E-state index contributed by atoms with van der Waals surface area (Å²) < 4.78 is 72.8. The molecule has 3 aromatic rings. The van der Waals surface area contributed by atoms with E-state index < -0.39 is 29.3 Å². The number of rotatable bonds is 9. The first-order valence-electron chi connectivity index (χ1n) is 11.2. The van der Waals surface area contributed by atoms with Gasteiger partial charge in [0.1, 0.15) is 23.5 Å². The van der Waals surface area contributed by atoms with Crippen LogP contribution < -0.4 is 10.1 Å². The smallest absolute Gasteiger partial charge is 0.419 e. The summed E-state index contributed by atoms with van der Waals surface area (Å²) in [5.41, 5.74) is -0.350. The number of ether oxygens (including phenoxy) is 1. The average molecular weight is 496 g/mol. The molecule has 1 heterocycles. The third kappa shape index (κ3) is 5.55. The predicted molar refractivity (Wildman–Crippen MR) is 119 cm³/mol. The molecule has 188 valence electrons. The molecule has 2 aromatic carbocycles. The van der Waals surface area contributed by atoms with Crippen LogP contribution in [-0.2, 0) is 12.7 Å². The lowest BCUT2D eigenvalue weighted by Crippen LogP contribution is -2.46. The number of aromatic nitrogens is 1. The summed E-state index contributed by atoms with van der Waals surface area (Å²) in [5, 5.41) is 23.6. The van der Waals surface area contributed by atoms with Gasteiger partial charge in [-0.05, 0) is 60.5 Å². The van der Waals surface area contributed by atoms with Crippen LogP contribution in [0.4, 0.5) is 22.0 Å². The highest BCUT2D eigenvalue weighted by molar-refractivity contribution is 5.88. The van der Waals surface area contributed by atoms with Gasteiger partial charge in [-0.15, -0.1) is 0 Å². The fourth-order valence-corrected chi connectivity index (χ4v) is 4.40. The van der Waals surface area contributed by atoms with Crippen molar-refractivity contribution in [1.82, 2.24) is 10.3 Å². The molecule has 1 aromatic heterocycles. The molecule has 35 heavy (non-hydrogen) atoms. The monoisotopic (exact) mass is 496 g/mol. The van der Waals surface area contributed by atoms with Crippen molar-refractivity contribution >= 4 is 10.8 Å². The van der Waals surface area contributed by atoms with E-state index in [-0.39, 0.29) is 37.7 Å². The van der Waals surface area contributed by atoms with Crippen molar-refractivity contribution in [3.63, 3.8) is 0 Å². The first-order valence-corrected chi connectivity index (χ1v) is 11.2. The van der Waals surface area contributed by atoms with Crippen LogP contribution in [0.1, 0.15) is 41.9 Å². The SMILES string of the molecule is OCCC(CO)c1cc(F)c(CNC2CC(Oc3ccc(F)c(C(F)(F)F)c3)C2)c2ccncc12. The van der Waals surface area contributed by atoms with Gasteiger partial charge < -0.3 is 20.3 Å². The highest BCUT2D eigenvalue weighted by Gasteiger charge is 2.36. The minimum atomic E-state index is -4.81. The summed E-state index contributed by atoms with van der Waals surface area (Å²) in [7, 11) is 0. The molecule has 4 rings (SSSR count). The average Bonchev–Trinajstić information content (AvgIpc) is 2.80. The van der Waals surface area contributed by atoms with Crippen LogP contribution >= 0.6 is 0 Å². The van der Waals surface area contributed by atoms with E-state index in [0.717, 1.165) is 6.07 Å². The Balaban J connectivity index is 1.41. The van der Waals surface area contributed by atoms with E-state index in [1.807, 2.05) is 0 Å². The molecule has 0 aliphatic heterocycles. The fourth-order valence-electron chi connectivity index (χ4n) is 4.40. The summed E-state index contributed by atoms with van der Waals surface area (Å²) in [6, 6.07) is 5.60. The number of hydrogen-bond donors (Lipinski definition) is 3. The molecule has 1 atom stereocenters. The quantitative estimate of drug-likeness (QED) is 0.375. The number of halogens is 5. The Labute approximate surface area is 198 Å². The molecular weight excluding hydrogens is 471 g/mol. The van der Waals surface area contributed by atoms with Crippen LogP contribution in [0, 0.1) is 11.6 Å². The van der Waals surface area contributed by atoms with Crippen molar-refractivity contribution in [3.05, 3.63) is 71.1 Å². The molecule has 0 bridgehead atoms. The number of alkyl halides is 3. The second-order valence-corrected chi connectivity index (χ2v) is 8.67. The van der Waals surface area contributed by atoms with Gasteiger partial charge in [0.25, 0.3) is 0 Å². The Morgan fingerprint density at radius 2 is 1.83 bits per heavy atom. The van der Waals surface area contributed by atoms with E-state index in [1.54, 1.807) is 18.5 Å². The van der Waals surface area contributed by atoms with Gasteiger partial charge in [-0.3, -0.25) is 4.98 Å². The molecule has 3 N–H and O–H groups in total. The summed E-state index contributed by atoms with van der Waals surface area (Å²) in [4.78, 5) is 4.12. The summed E-state index contributed by atoms with van der Waals surface area (Å²) in [6.07, 6.45) is -0.683. The summed E-state index contributed by atoms with van der Waals surface area (Å²) in [6.45, 7) is -0.162. The minimum absolute atomic E-state index is 0.0296. The Bertz CT molecular complexity index is 1180. The molecule has 10 heteroatoms. The van der Waals surface area contributed by atoms with Crippen molar-refractivity contribution in [3.8, 4) is 5.75 Å². The largest absolute Gasteiger partial charge is 0.490 e. The fraction of sp³-hybridized carbons (Fsp3) is 0.400. The molecule has 0 spiro atoms. The van der Waals surface area contributed by atoms with Gasteiger partial charge in [0.15, 0.2) is 0 Å². The molecule has 1 aliphatic rings. The maximum absolute atomic E-state index is 15.1. The van der Waals surface area contributed by atoms with Crippen LogP contribution in [0.5, 0.6) is 5.75 Å². The lowest BCUT2D eigenvalue weighted by Gasteiger charge is -2.36. The third-order valence-electron chi connectivity index (χ3n) is 6.37. The number of nitrogens with one attached hydrogen (secondary N) is 1. The van der Waals surface area contributed by atoms with Gasteiger partial charge >= 0.3 is 6.18 Å². The van der Waals surface area contributed by atoms with Crippen molar-refractivity contribution in [1.29, 1.82) is 0 Å². The van der Waals surface area contributed by atoms with Crippen molar-refractivity contribution in [2.24, 2.45) is 0 Å². The minimum Gasteiger partial charge on any atom is -0.490 e. The second kappa shape index (κ2) is 10.4. The first kappa shape index (κ1) is 25.3. The van der Waals surface area contributed by atoms with Crippen LogP contribution in [0.15, 0.2) is 42.7 Å². The molecule has 1 unspecified atom stereocenters. The van der Waals surface area contributed by atoms with Crippen molar-refractivity contribution in [2.75, 3.05) is 13.2 Å². The molecule has 0 radical (unpaired) electrons. The standard InChI is InChI=1S/C25H25F5N2O3/c26-23-2-1-16(9-22(23)25(28,29)30)35-17-7-15(8-17)32-12-21-18-3-5-31-11-20(18)19(10-24(21)27)14(13-34)4-6-33/h1-3,5,9-11,14-15,17,32-34H,4,6-8,12-13H2. The van der Waals surface area contributed by atoms with E-state index in [9.17, 15) is 27.8 Å². The Hall–Kier alpha value is -2.82. The number of nitrogens with zero attached hydrogens (tertiary/aromatic N) is 1. The maximum Gasteiger partial charge on any atom is 0.419 e. The zero-order valence-corrected chi connectivity index (χ0v) is 18.7. The topological polar surface area (TPSA) is 74.6 Å². The second-order valence-electron chi connectivity index (χ2n) is 8.67. The van der Waals surface area contributed by atoms with Gasteiger partial charge in [-0.1, -0.05) is 0 Å². The molecule has 5 nitrogen and oxygen atoms in total. The van der Waals surface area contributed by atoms with E-state index in [4.69, 9.17) is 4.74 Å². The molecule has 0 saturated heterocycles. The predicted octanol–water partition coefficient (Wildman–Crippen LogP) is 4.69. The summed E-state index contributed by atoms with van der Waals surface area (Å²) in [5.74, 6) is -2.27. The zero-order valence-electron chi connectivity index (χ0n) is 18.7. The van der Waals surface area contributed by atoms with Crippen LogP contribution in [0.3, 0.4) is 0 Å². The highest BCUT2D eigenvalue weighted by atomic mass is 19.4.